The number of esters is 1. The number of hydrogen-bond donors (Lipinski definition) is 1. The lowest BCUT2D eigenvalue weighted by atomic mass is 10.1. The van der Waals surface area contributed by atoms with Crippen molar-refractivity contribution in [3.05, 3.63) is 57.7 Å². The highest BCUT2D eigenvalue weighted by molar-refractivity contribution is 14.1. The van der Waals surface area contributed by atoms with Crippen LogP contribution in [0.15, 0.2) is 24.3 Å². The van der Waals surface area contributed by atoms with Crippen molar-refractivity contribution in [2.24, 2.45) is 0 Å². The van der Waals surface area contributed by atoms with E-state index in [9.17, 15) is 18.4 Å². The van der Waals surface area contributed by atoms with E-state index in [2.05, 4.69) is 22.6 Å². The first-order chi connectivity index (χ1) is 10.7. The predicted octanol–water partition coefficient (Wildman–Crippen LogP) is 4.70. The molecule has 120 valence electrons. The summed E-state index contributed by atoms with van der Waals surface area (Å²) in [5, 5.41) is 9.00. The van der Waals surface area contributed by atoms with E-state index in [-0.39, 0.29) is 5.56 Å². The second kappa shape index (κ2) is 7.55. The Labute approximate surface area is 170 Å². The van der Waals surface area contributed by atoms with E-state index in [1.165, 1.54) is 0 Å². The van der Waals surface area contributed by atoms with Gasteiger partial charge in [0.1, 0.15) is 11.3 Å². The number of carboxylic acids is 1. The average Bonchev–Trinajstić information content (AvgIpc) is 2.41. The van der Waals surface area contributed by atoms with Crippen molar-refractivity contribution in [3.8, 4) is 5.75 Å². The largest absolute Gasteiger partial charge is 0.477 e. The molecule has 23 heavy (non-hydrogen) atoms. The highest BCUT2D eigenvalue weighted by Crippen LogP contribution is 2.28. The maximum Gasteiger partial charge on any atom is 0.345 e. The van der Waals surface area contributed by atoms with Gasteiger partial charge in [-0.2, -0.15) is 0 Å². The molecule has 1 N–H and O–H groups in total. The van der Waals surface area contributed by atoms with E-state index >= 15 is 0 Å². The quantitative estimate of drug-likeness (QED) is 0.296. The van der Waals surface area contributed by atoms with Crippen molar-refractivity contribution in [2.45, 2.75) is 0 Å². The van der Waals surface area contributed by atoms with Crippen LogP contribution < -0.4 is 4.74 Å². The van der Waals surface area contributed by atoms with E-state index < -0.39 is 34.9 Å². The Bertz CT molecular complexity index is 801. The first-order valence-electron chi connectivity index (χ1n) is 5.80. The van der Waals surface area contributed by atoms with E-state index in [0.717, 1.165) is 9.64 Å². The third-order valence-corrected chi connectivity index (χ3v) is 5.01. The lowest BCUT2D eigenvalue weighted by molar-refractivity contribution is 0.0674. The normalized spacial score (nSPS) is 10.5. The van der Waals surface area contributed by atoms with Crippen molar-refractivity contribution in [1.29, 1.82) is 0 Å². The van der Waals surface area contributed by atoms with Crippen LogP contribution in [0.3, 0.4) is 0 Å². The summed E-state index contributed by atoms with van der Waals surface area (Å²) < 4.78 is 33.9. The minimum absolute atomic E-state index is 0.229. The molecule has 0 heterocycles. The van der Waals surface area contributed by atoms with Crippen molar-refractivity contribution in [2.75, 3.05) is 0 Å². The molecule has 0 saturated carbocycles. The Morgan fingerprint density at radius 3 is 2.09 bits per heavy atom. The summed E-state index contributed by atoms with van der Waals surface area (Å²) in [5.41, 5.74) is -0.790. The van der Waals surface area contributed by atoms with Gasteiger partial charge in [0.25, 0.3) is 0 Å². The summed E-state index contributed by atoms with van der Waals surface area (Å²) in [4.78, 5) is 23.4. The molecule has 0 atom stereocenters. The first-order valence-corrected chi connectivity index (χ1v) is 9.04. The van der Waals surface area contributed by atoms with Crippen LogP contribution in [0.4, 0.5) is 8.78 Å². The molecule has 2 aromatic rings. The summed E-state index contributed by atoms with van der Waals surface area (Å²) >= 11 is 5.97. The van der Waals surface area contributed by atoms with E-state index in [0.29, 0.717) is 13.2 Å². The van der Waals surface area contributed by atoms with Gasteiger partial charge in [-0.1, -0.05) is 0 Å². The Kier molecular flexibility index (Phi) is 6.16. The number of aromatic carboxylic acids is 1. The predicted molar refractivity (Wildman–Crippen MR) is 103 cm³/mol. The number of ether oxygens (including phenoxy) is 1. The summed E-state index contributed by atoms with van der Waals surface area (Å²) in [6.45, 7) is 0. The third-order valence-electron chi connectivity index (χ3n) is 2.68. The summed E-state index contributed by atoms with van der Waals surface area (Å²) in [5.74, 6) is -6.03. The van der Waals surface area contributed by atoms with E-state index in [1.54, 1.807) is 12.1 Å². The van der Waals surface area contributed by atoms with Crippen molar-refractivity contribution < 1.29 is 28.2 Å². The molecule has 2 rings (SSSR count). The SMILES string of the molecule is O=C(Oc1ccc(F)c(F)c1C(=O)O)c1c(I)cc(I)cc1I. The van der Waals surface area contributed by atoms with Gasteiger partial charge in [-0.3, -0.25) is 0 Å². The van der Waals surface area contributed by atoms with Gasteiger partial charge in [0.2, 0.25) is 0 Å². The van der Waals surface area contributed by atoms with Crippen molar-refractivity contribution >= 4 is 79.7 Å². The molecule has 2 aromatic carbocycles. The molecule has 0 aliphatic heterocycles. The highest BCUT2D eigenvalue weighted by atomic mass is 127. The minimum atomic E-state index is -1.73. The van der Waals surface area contributed by atoms with Gasteiger partial charge in [0, 0.05) is 10.7 Å². The first kappa shape index (κ1) is 18.8. The van der Waals surface area contributed by atoms with Crippen LogP contribution in [-0.2, 0) is 0 Å². The third kappa shape index (κ3) is 4.10. The fourth-order valence-corrected chi connectivity index (χ4v) is 5.73. The number of halogens is 5. The lowest BCUT2D eigenvalue weighted by Crippen LogP contribution is -2.16. The van der Waals surface area contributed by atoms with Crippen LogP contribution in [0, 0.1) is 22.3 Å². The van der Waals surface area contributed by atoms with Gasteiger partial charge in [0.05, 0.1) is 5.56 Å². The van der Waals surface area contributed by atoms with Crippen LogP contribution in [0.1, 0.15) is 20.7 Å². The zero-order valence-electron chi connectivity index (χ0n) is 10.9. The molecule has 0 saturated heterocycles. The summed E-state index contributed by atoms with van der Waals surface area (Å²) in [7, 11) is 0. The van der Waals surface area contributed by atoms with E-state index in [1.807, 2.05) is 45.2 Å². The van der Waals surface area contributed by atoms with Gasteiger partial charge in [-0.15, -0.1) is 0 Å². The Morgan fingerprint density at radius 2 is 1.57 bits per heavy atom. The van der Waals surface area contributed by atoms with Crippen LogP contribution >= 0.6 is 67.8 Å². The zero-order chi connectivity index (χ0) is 17.3. The molecule has 0 unspecified atom stereocenters. The van der Waals surface area contributed by atoms with Gasteiger partial charge < -0.3 is 9.84 Å². The van der Waals surface area contributed by atoms with Crippen LogP contribution in [0.2, 0.25) is 0 Å². The molecule has 0 radical (unpaired) electrons. The lowest BCUT2D eigenvalue weighted by Gasteiger charge is -2.11. The van der Waals surface area contributed by atoms with Gasteiger partial charge in [-0.25, -0.2) is 18.4 Å². The highest BCUT2D eigenvalue weighted by Gasteiger charge is 2.25. The standard InChI is InChI=1S/C14H5F2I3O4/c15-6-1-2-9(11(12(6)16)13(20)21)23-14(22)10-7(18)3-5(17)4-8(10)19/h1-4H,(H,20,21). The molecule has 0 bridgehead atoms. The number of carboxylic acid groups (broad SMARTS) is 1. The number of benzene rings is 2. The number of rotatable bonds is 3. The maximum atomic E-state index is 13.6. The number of carbonyl (C=O) groups is 2. The van der Waals surface area contributed by atoms with E-state index in [4.69, 9.17) is 9.84 Å². The molecule has 9 heteroatoms. The molecule has 0 fully saturated rings. The Morgan fingerprint density at radius 1 is 1.00 bits per heavy atom. The van der Waals surface area contributed by atoms with Crippen LogP contribution in [-0.4, -0.2) is 17.0 Å². The molecular formula is C14H5F2I3O4. The second-order valence-electron chi connectivity index (χ2n) is 4.17. The monoisotopic (exact) mass is 656 g/mol. The van der Waals surface area contributed by atoms with Gasteiger partial charge >= 0.3 is 11.9 Å². The van der Waals surface area contributed by atoms with Gasteiger partial charge in [0.15, 0.2) is 11.6 Å². The van der Waals surface area contributed by atoms with Crippen LogP contribution in [0.25, 0.3) is 0 Å². The van der Waals surface area contributed by atoms with Crippen molar-refractivity contribution in [1.82, 2.24) is 0 Å². The smallest absolute Gasteiger partial charge is 0.345 e. The number of hydrogen-bond acceptors (Lipinski definition) is 3. The Balaban J connectivity index is 2.47. The maximum absolute atomic E-state index is 13.6. The molecule has 0 aliphatic carbocycles. The number of carbonyl (C=O) groups excluding carboxylic acids is 1. The molecule has 0 aliphatic rings. The van der Waals surface area contributed by atoms with Crippen LogP contribution in [0.5, 0.6) is 5.75 Å². The fourth-order valence-electron chi connectivity index (χ4n) is 1.71. The molecule has 0 aromatic heterocycles. The fraction of sp³-hybridized carbons (Fsp3) is 0. The molecule has 0 amide bonds. The zero-order valence-corrected chi connectivity index (χ0v) is 17.3. The van der Waals surface area contributed by atoms with Crippen molar-refractivity contribution in [3.63, 3.8) is 0 Å². The minimum Gasteiger partial charge on any atom is -0.477 e. The summed E-state index contributed by atoms with van der Waals surface area (Å²) in [6.07, 6.45) is 0. The topological polar surface area (TPSA) is 63.6 Å². The Hall–Kier alpha value is -0.570. The molecular weight excluding hydrogens is 651 g/mol. The molecule has 0 spiro atoms. The van der Waals surface area contributed by atoms with Gasteiger partial charge in [-0.05, 0) is 92.0 Å². The molecule has 4 nitrogen and oxygen atoms in total. The summed E-state index contributed by atoms with van der Waals surface area (Å²) in [6, 6.07) is 5.09. The second-order valence-corrected chi connectivity index (χ2v) is 7.74. The average molecular weight is 656 g/mol.